The number of esters is 1. The molecule has 0 unspecified atom stereocenters. The lowest BCUT2D eigenvalue weighted by atomic mass is 10.3. The van der Waals surface area contributed by atoms with Crippen LogP contribution in [0.25, 0.3) is 0 Å². The molecule has 0 aromatic rings. The van der Waals surface area contributed by atoms with Gasteiger partial charge in [0.25, 0.3) is 0 Å². The van der Waals surface area contributed by atoms with Crippen LogP contribution >= 0.6 is 0 Å². The van der Waals surface area contributed by atoms with Gasteiger partial charge in [0.2, 0.25) is 0 Å². The summed E-state index contributed by atoms with van der Waals surface area (Å²) in [6.07, 6.45) is 3.48. The molecule has 1 aliphatic rings. The maximum Gasteiger partial charge on any atom is 0.339 e. The molecular formula is C7H8O2. The van der Waals surface area contributed by atoms with Gasteiger partial charge in [0, 0.05) is 5.57 Å². The van der Waals surface area contributed by atoms with Crippen molar-refractivity contribution < 1.29 is 9.53 Å². The molecule has 2 heteroatoms. The van der Waals surface area contributed by atoms with Crippen LogP contribution in [0, 0.1) is 0 Å². The summed E-state index contributed by atoms with van der Waals surface area (Å²) in [5, 5.41) is 0. The average molecular weight is 124 g/mol. The van der Waals surface area contributed by atoms with Crippen LogP contribution in [0.5, 0.6) is 0 Å². The molecule has 0 fully saturated rings. The Balaban J connectivity index is 2.86. The second-order valence-corrected chi connectivity index (χ2v) is 1.91. The second-order valence-electron chi connectivity index (χ2n) is 1.91. The largest absolute Gasteiger partial charge is 0.424 e. The predicted molar refractivity (Wildman–Crippen MR) is 33.6 cm³/mol. The van der Waals surface area contributed by atoms with E-state index in [1.165, 1.54) is 0 Å². The second kappa shape index (κ2) is 2.05. The van der Waals surface area contributed by atoms with Gasteiger partial charge in [0.15, 0.2) is 0 Å². The maximum absolute atomic E-state index is 10.6. The lowest BCUT2D eigenvalue weighted by molar-refractivity contribution is -0.133. The van der Waals surface area contributed by atoms with Crippen molar-refractivity contribution in [3.63, 3.8) is 0 Å². The van der Waals surface area contributed by atoms with Crippen LogP contribution in [-0.2, 0) is 9.53 Å². The van der Waals surface area contributed by atoms with Crippen molar-refractivity contribution in [2.24, 2.45) is 0 Å². The molecule has 0 aromatic heterocycles. The zero-order valence-electron chi connectivity index (χ0n) is 5.47. The highest BCUT2D eigenvalue weighted by Gasteiger charge is 2.14. The molecule has 0 spiro atoms. The molecule has 0 amide bonds. The molecule has 2 nitrogen and oxygen atoms in total. The Morgan fingerprint density at radius 3 is 2.56 bits per heavy atom. The Kier molecular flexibility index (Phi) is 1.39. The van der Waals surface area contributed by atoms with E-state index < -0.39 is 0 Å². The molecule has 0 radical (unpaired) electrons. The highest BCUT2D eigenvalue weighted by molar-refractivity contribution is 5.92. The highest BCUT2D eigenvalue weighted by Crippen LogP contribution is 2.14. The molecule has 1 rings (SSSR count). The molecule has 0 aromatic carbocycles. The first-order valence-corrected chi connectivity index (χ1v) is 2.81. The molecule has 0 saturated carbocycles. The fourth-order valence-corrected chi connectivity index (χ4v) is 0.632. The van der Waals surface area contributed by atoms with Crippen molar-refractivity contribution >= 4 is 5.97 Å². The van der Waals surface area contributed by atoms with Crippen LogP contribution in [-0.4, -0.2) is 5.97 Å². The molecule has 0 saturated heterocycles. The first-order chi connectivity index (χ1) is 4.24. The van der Waals surface area contributed by atoms with Crippen LogP contribution < -0.4 is 0 Å². The van der Waals surface area contributed by atoms with Gasteiger partial charge in [-0.1, -0.05) is 0 Å². The maximum atomic E-state index is 10.6. The molecule has 0 N–H and O–H groups in total. The molecule has 0 atom stereocenters. The lowest BCUT2D eigenvalue weighted by Crippen LogP contribution is -1.94. The Hall–Kier alpha value is -1.05. The van der Waals surface area contributed by atoms with E-state index in [0.717, 1.165) is 0 Å². The standard InChI is InChI=1S/C7H8O2/c1-3-6-4-5(2)7(8)9-6/h3-4H,1-2H3. The number of ether oxygens (including phenoxy) is 1. The predicted octanol–water partition coefficient (Wildman–Crippen LogP) is 1.39. The molecule has 1 aliphatic heterocycles. The molecule has 0 bridgehead atoms. The zero-order valence-corrected chi connectivity index (χ0v) is 5.47. The van der Waals surface area contributed by atoms with Crippen LogP contribution in [0.3, 0.4) is 0 Å². The van der Waals surface area contributed by atoms with Crippen LogP contribution in [0.2, 0.25) is 0 Å². The van der Waals surface area contributed by atoms with E-state index in [2.05, 4.69) is 0 Å². The smallest absolute Gasteiger partial charge is 0.339 e. The van der Waals surface area contributed by atoms with Gasteiger partial charge in [-0.3, -0.25) is 0 Å². The topological polar surface area (TPSA) is 26.3 Å². The van der Waals surface area contributed by atoms with Crippen LogP contribution in [0.4, 0.5) is 0 Å². The lowest BCUT2D eigenvalue weighted by Gasteiger charge is -1.90. The van der Waals surface area contributed by atoms with Gasteiger partial charge in [0.1, 0.15) is 5.76 Å². The van der Waals surface area contributed by atoms with Crippen molar-refractivity contribution in [2.45, 2.75) is 13.8 Å². The van der Waals surface area contributed by atoms with Crippen LogP contribution in [0.1, 0.15) is 13.8 Å². The van der Waals surface area contributed by atoms with E-state index in [1.807, 2.05) is 6.92 Å². The first-order valence-electron chi connectivity index (χ1n) is 2.81. The summed E-state index contributed by atoms with van der Waals surface area (Å²) < 4.78 is 4.75. The summed E-state index contributed by atoms with van der Waals surface area (Å²) in [6.45, 7) is 3.57. The van der Waals surface area contributed by atoms with Gasteiger partial charge in [0.05, 0.1) is 0 Å². The zero-order chi connectivity index (χ0) is 6.85. The quantitative estimate of drug-likeness (QED) is 0.456. The molecule has 1 heterocycles. The fourth-order valence-electron chi connectivity index (χ4n) is 0.632. The monoisotopic (exact) mass is 124 g/mol. The van der Waals surface area contributed by atoms with Crippen molar-refractivity contribution in [3.05, 3.63) is 23.5 Å². The molecular weight excluding hydrogens is 116 g/mol. The summed E-state index contributed by atoms with van der Waals surface area (Å²) in [4.78, 5) is 10.6. The van der Waals surface area contributed by atoms with Gasteiger partial charge < -0.3 is 4.74 Å². The van der Waals surface area contributed by atoms with E-state index in [0.29, 0.717) is 11.3 Å². The van der Waals surface area contributed by atoms with E-state index in [4.69, 9.17) is 4.74 Å². The average Bonchev–Trinajstić information content (AvgIpc) is 2.13. The molecule has 0 aliphatic carbocycles. The third kappa shape index (κ3) is 1.02. The third-order valence-electron chi connectivity index (χ3n) is 1.18. The number of carbonyl (C=O) groups is 1. The van der Waals surface area contributed by atoms with Gasteiger partial charge in [-0.15, -0.1) is 0 Å². The first kappa shape index (κ1) is 6.08. The number of allylic oxidation sites excluding steroid dienone is 2. The third-order valence-corrected chi connectivity index (χ3v) is 1.18. The Morgan fingerprint density at radius 2 is 2.33 bits per heavy atom. The summed E-state index contributed by atoms with van der Waals surface area (Å²) >= 11 is 0. The molecule has 48 valence electrons. The van der Waals surface area contributed by atoms with E-state index in [1.54, 1.807) is 19.1 Å². The summed E-state index contributed by atoms with van der Waals surface area (Å²) in [5.74, 6) is 0.417. The SMILES string of the molecule is CC=C1C=C(C)C(=O)O1. The van der Waals surface area contributed by atoms with Gasteiger partial charge in [-0.2, -0.15) is 0 Å². The number of hydrogen-bond donors (Lipinski definition) is 0. The Labute approximate surface area is 53.8 Å². The number of cyclic esters (lactones) is 1. The van der Waals surface area contributed by atoms with Crippen molar-refractivity contribution in [3.8, 4) is 0 Å². The Bertz CT molecular complexity index is 199. The van der Waals surface area contributed by atoms with Gasteiger partial charge in [-0.05, 0) is 26.0 Å². The van der Waals surface area contributed by atoms with Crippen molar-refractivity contribution in [2.75, 3.05) is 0 Å². The molecule has 9 heavy (non-hydrogen) atoms. The number of hydrogen-bond acceptors (Lipinski definition) is 2. The summed E-state index contributed by atoms with van der Waals surface area (Å²) in [7, 11) is 0. The minimum Gasteiger partial charge on any atom is -0.424 e. The summed E-state index contributed by atoms with van der Waals surface area (Å²) in [6, 6.07) is 0. The fraction of sp³-hybridized carbons (Fsp3) is 0.286. The number of rotatable bonds is 0. The minimum atomic E-state index is -0.233. The van der Waals surface area contributed by atoms with Gasteiger partial charge in [-0.25, -0.2) is 4.79 Å². The highest BCUT2D eigenvalue weighted by atomic mass is 16.5. The van der Waals surface area contributed by atoms with Crippen LogP contribution in [0.15, 0.2) is 23.5 Å². The van der Waals surface area contributed by atoms with E-state index in [-0.39, 0.29) is 5.97 Å². The summed E-state index contributed by atoms with van der Waals surface area (Å²) in [5.41, 5.74) is 0.670. The number of carbonyl (C=O) groups excluding carboxylic acids is 1. The van der Waals surface area contributed by atoms with Crippen molar-refractivity contribution in [1.82, 2.24) is 0 Å². The van der Waals surface area contributed by atoms with Crippen molar-refractivity contribution in [1.29, 1.82) is 0 Å². The Morgan fingerprint density at radius 1 is 1.67 bits per heavy atom. The normalized spacial score (nSPS) is 22.2. The van der Waals surface area contributed by atoms with E-state index >= 15 is 0 Å². The minimum absolute atomic E-state index is 0.233. The van der Waals surface area contributed by atoms with Gasteiger partial charge >= 0.3 is 5.97 Å². The van der Waals surface area contributed by atoms with E-state index in [9.17, 15) is 4.79 Å².